The van der Waals surface area contributed by atoms with E-state index in [1.54, 1.807) is 14.0 Å². The van der Waals surface area contributed by atoms with Gasteiger partial charge in [-0.2, -0.15) is 0 Å². The van der Waals surface area contributed by atoms with E-state index in [9.17, 15) is 9.59 Å². The molecule has 0 radical (unpaired) electrons. The Morgan fingerprint density at radius 2 is 1.95 bits per heavy atom. The SMILES string of the molecule is Cc1cc(C(=O)N(C)Cc2cc(C(=O)O)c(C)o2)sc1C. The van der Waals surface area contributed by atoms with E-state index in [0.29, 0.717) is 16.4 Å². The van der Waals surface area contributed by atoms with Crippen LogP contribution >= 0.6 is 11.3 Å². The number of carboxylic acids is 1. The molecule has 0 unspecified atom stereocenters. The summed E-state index contributed by atoms with van der Waals surface area (Å²) in [4.78, 5) is 26.6. The Kier molecular flexibility index (Phi) is 4.18. The van der Waals surface area contributed by atoms with Crippen LogP contribution in [0.25, 0.3) is 0 Å². The van der Waals surface area contributed by atoms with E-state index in [-0.39, 0.29) is 18.0 Å². The first-order chi connectivity index (χ1) is 9.79. The molecule has 2 aromatic heterocycles. The topological polar surface area (TPSA) is 70.8 Å². The third kappa shape index (κ3) is 3.16. The maximum Gasteiger partial charge on any atom is 0.339 e. The number of carbonyl (C=O) groups excluding carboxylic acids is 1. The quantitative estimate of drug-likeness (QED) is 0.941. The number of amides is 1. The van der Waals surface area contributed by atoms with Crippen molar-refractivity contribution in [3.8, 4) is 0 Å². The fourth-order valence-corrected chi connectivity index (χ4v) is 3.03. The minimum atomic E-state index is -1.03. The maximum atomic E-state index is 12.3. The molecule has 112 valence electrons. The number of furan rings is 1. The number of thiophene rings is 1. The minimum absolute atomic E-state index is 0.0953. The van der Waals surface area contributed by atoms with Crippen LogP contribution in [0.1, 0.15) is 42.0 Å². The van der Waals surface area contributed by atoms with Gasteiger partial charge in [-0.25, -0.2) is 4.79 Å². The van der Waals surface area contributed by atoms with Crippen molar-refractivity contribution in [2.75, 3.05) is 7.05 Å². The van der Waals surface area contributed by atoms with Gasteiger partial charge >= 0.3 is 5.97 Å². The van der Waals surface area contributed by atoms with Crippen molar-refractivity contribution in [2.24, 2.45) is 0 Å². The van der Waals surface area contributed by atoms with Gasteiger partial charge in [0.1, 0.15) is 17.1 Å². The number of hydrogen-bond acceptors (Lipinski definition) is 4. The van der Waals surface area contributed by atoms with Crippen LogP contribution in [-0.2, 0) is 6.54 Å². The molecular formula is C15H17NO4S. The lowest BCUT2D eigenvalue weighted by molar-refractivity contribution is 0.0694. The molecule has 0 aliphatic heterocycles. The second-order valence-electron chi connectivity index (χ2n) is 5.00. The third-order valence-electron chi connectivity index (χ3n) is 3.32. The Morgan fingerprint density at radius 1 is 1.29 bits per heavy atom. The van der Waals surface area contributed by atoms with Gasteiger partial charge in [-0.05, 0) is 38.5 Å². The molecule has 0 saturated carbocycles. The highest BCUT2D eigenvalue weighted by Crippen LogP contribution is 2.23. The summed E-state index contributed by atoms with van der Waals surface area (Å²) in [6, 6.07) is 3.33. The highest BCUT2D eigenvalue weighted by atomic mass is 32.1. The summed E-state index contributed by atoms with van der Waals surface area (Å²) in [6.07, 6.45) is 0. The van der Waals surface area contributed by atoms with Crippen molar-refractivity contribution in [3.63, 3.8) is 0 Å². The molecule has 0 aliphatic rings. The zero-order valence-corrected chi connectivity index (χ0v) is 13.2. The van der Waals surface area contributed by atoms with Crippen molar-refractivity contribution in [1.29, 1.82) is 0 Å². The molecule has 0 aromatic carbocycles. The normalized spacial score (nSPS) is 10.7. The van der Waals surface area contributed by atoms with Gasteiger partial charge in [0.25, 0.3) is 5.91 Å². The van der Waals surface area contributed by atoms with Crippen LogP contribution in [0.4, 0.5) is 0 Å². The molecule has 2 heterocycles. The van der Waals surface area contributed by atoms with Crippen LogP contribution in [0.2, 0.25) is 0 Å². The number of carbonyl (C=O) groups is 2. The molecule has 5 nitrogen and oxygen atoms in total. The molecule has 2 aromatic rings. The lowest BCUT2D eigenvalue weighted by Crippen LogP contribution is -2.25. The second-order valence-corrected chi connectivity index (χ2v) is 6.26. The van der Waals surface area contributed by atoms with Crippen LogP contribution in [-0.4, -0.2) is 28.9 Å². The molecule has 0 atom stereocenters. The van der Waals surface area contributed by atoms with Crippen molar-refractivity contribution in [3.05, 3.63) is 44.5 Å². The van der Waals surface area contributed by atoms with Crippen LogP contribution in [0.15, 0.2) is 16.5 Å². The van der Waals surface area contributed by atoms with Crippen molar-refractivity contribution < 1.29 is 19.1 Å². The fourth-order valence-electron chi connectivity index (χ4n) is 2.01. The van der Waals surface area contributed by atoms with Gasteiger partial charge in [0.2, 0.25) is 0 Å². The monoisotopic (exact) mass is 307 g/mol. The first kappa shape index (κ1) is 15.3. The lowest BCUT2D eigenvalue weighted by Gasteiger charge is -2.14. The number of aromatic carboxylic acids is 1. The van der Waals surface area contributed by atoms with Crippen molar-refractivity contribution in [1.82, 2.24) is 4.90 Å². The van der Waals surface area contributed by atoms with Crippen LogP contribution in [0, 0.1) is 20.8 Å². The molecule has 21 heavy (non-hydrogen) atoms. The van der Waals surface area contributed by atoms with Crippen LogP contribution in [0.5, 0.6) is 0 Å². The Balaban J connectivity index is 2.14. The Morgan fingerprint density at radius 3 is 2.43 bits per heavy atom. The zero-order valence-electron chi connectivity index (χ0n) is 12.4. The van der Waals surface area contributed by atoms with Gasteiger partial charge in [-0.15, -0.1) is 11.3 Å². The van der Waals surface area contributed by atoms with E-state index in [1.807, 2.05) is 19.9 Å². The van der Waals surface area contributed by atoms with Gasteiger partial charge in [-0.1, -0.05) is 0 Å². The van der Waals surface area contributed by atoms with Gasteiger partial charge in [0.15, 0.2) is 0 Å². The first-order valence-electron chi connectivity index (χ1n) is 6.44. The number of rotatable bonds is 4. The highest BCUT2D eigenvalue weighted by Gasteiger charge is 2.19. The van der Waals surface area contributed by atoms with E-state index in [4.69, 9.17) is 9.52 Å². The van der Waals surface area contributed by atoms with E-state index < -0.39 is 5.97 Å². The number of hydrogen-bond donors (Lipinski definition) is 1. The summed E-state index contributed by atoms with van der Waals surface area (Å²) in [6.45, 7) is 5.78. The summed E-state index contributed by atoms with van der Waals surface area (Å²) in [5.74, 6) is -0.310. The molecule has 6 heteroatoms. The minimum Gasteiger partial charge on any atom is -0.478 e. The van der Waals surface area contributed by atoms with Gasteiger partial charge in [0, 0.05) is 11.9 Å². The summed E-state index contributed by atoms with van der Waals surface area (Å²) in [5.41, 5.74) is 1.23. The maximum absolute atomic E-state index is 12.3. The fraction of sp³-hybridized carbons (Fsp3) is 0.333. The van der Waals surface area contributed by atoms with Crippen LogP contribution < -0.4 is 0 Å². The third-order valence-corrected chi connectivity index (χ3v) is 4.46. The van der Waals surface area contributed by atoms with E-state index in [1.165, 1.54) is 22.3 Å². The molecule has 0 fully saturated rings. The molecular weight excluding hydrogens is 290 g/mol. The number of carboxylic acid groups (broad SMARTS) is 1. The van der Waals surface area contributed by atoms with E-state index >= 15 is 0 Å². The Labute approximate surface area is 126 Å². The number of nitrogens with zero attached hydrogens (tertiary/aromatic N) is 1. The predicted octanol–water partition coefficient (Wildman–Crippen LogP) is 3.24. The van der Waals surface area contributed by atoms with Gasteiger partial charge in [-0.3, -0.25) is 4.79 Å². The average molecular weight is 307 g/mol. The average Bonchev–Trinajstić information content (AvgIpc) is 2.92. The standard InChI is InChI=1S/C15H17NO4S/c1-8-5-13(21-10(8)3)14(17)16(4)7-11-6-12(15(18)19)9(2)20-11/h5-6H,7H2,1-4H3,(H,18,19). The van der Waals surface area contributed by atoms with E-state index in [2.05, 4.69) is 0 Å². The molecule has 0 bridgehead atoms. The van der Waals surface area contributed by atoms with Crippen molar-refractivity contribution in [2.45, 2.75) is 27.3 Å². The molecule has 1 N–H and O–H groups in total. The summed E-state index contributed by atoms with van der Waals surface area (Å²) in [7, 11) is 1.67. The zero-order chi connectivity index (χ0) is 15.7. The Hall–Kier alpha value is -2.08. The van der Waals surface area contributed by atoms with Crippen LogP contribution in [0.3, 0.4) is 0 Å². The summed E-state index contributed by atoms with van der Waals surface area (Å²) < 4.78 is 5.39. The lowest BCUT2D eigenvalue weighted by atomic mass is 10.2. The largest absolute Gasteiger partial charge is 0.478 e. The summed E-state index contributed by atoms with van der Waals surface area (Å²) >= 11 is 1.46. The Bertz CT molecular complexity index is 679. The summed E-state index contributed by atoms with van der Waals surface area (Å²) in [5, 5.41) is 8.99. The molecule has 1 amide bonds. The number of aryl methyl sites for hydroxylation is 3. The second kappa shape index (κ2) is 5.73. The molecule has 0 spiro atoms. The smallest absolute Gasteiger partial charge is 0.339 e. The van der Waals surface area contributed by atoms with E-state index in [0.717, 1.165) is 10.4 Å². The van der Waals surface area contributed by atoms with Crippen molar-refractivity contribution >= 4 is 23.2 Å². The first-order valence-corrected chi connectivity index (χ1v) is 7.26. The molecule has 0 aliphatic carbocycles. The predicted molar refractivity (Wildman–Crippen MR) is 80.0 cm³/mol. The van der Waals surface area contributed by atoms with Gasteiger partial charge in [0.05, 0.1) is 11.4 Å². The molecule has 2 rings (SSSR count). The molecule has 0 saturated heterocycles. The van der Waals surface area contributed by atoms with Gasteiger partial charge < -0.3 is 14.4 Å². The highest BCUT2D eigenvalue weighted by molar-refractivity contribution is 7.14.